The number of carbonyl (C=O) groups is 3. The zero-order valence-electron chi connectivity index (χ0n) is 56.0. The SMILES string of the molecule is CCCCC[C@H](O)C(=O)O.O=C(NCCCC[C@H](O)CO)OCC1c2ccccc2-c2ccccc21.[2H]OC[C@@H](O)CCCCNC(=O)OCC1c2ccccc2-c2ccccc21.[2H]OC[C@H](CCCCC)OP(OCC=C)N(C(C)C)C(C)C.[3H]C.[3H]C. The van der Waals surface area contributed by atoms with E-state index in [1.54, 1.807) is 6.08 Å². The van der Waals surface area contributed by atoms with Crippen LogP contribution in [0.25, 0.3) is 22.3 Å². The number of alkyl carbamates (subject to hydrolysis) is 2. The number of rotatable bonds is 36. The summed E-state index contributed by atoms with van der Waals surface area (Å²) in [7, 11) is 1.32. The number of benzene rings is 4. The molecule has 4 aromatic carbocycles. The Morgan fingerprint density at radius 2 is 1.01 bits per heavy atom. The predicted octanol–water partition coefficient (Wildman–Crippen LogP) is 12.9. The van der Waals surface area contributed by atoms with Crippen LogP contribution in [0.2, 0.25) is 0 Å². The van der Waals surface area contributed by atoms with Crippen molar-refractivity contribution in [2.45, 2.75) is 195 Å². The maximum atomic E-state index is 12.0. The first-order valence-corrected chi connectivity index (χ1v) is 30.9. The molecule has 0 fully saturated rings. The number of fused-ring (bicyclic) bond motifs is 6. The first kappa shape index (κ1) is 70.5. The van der Waals surface area contributed by atoms with Gasteiger partial charge in [-0.25, -0.2) is 19.1 Å². The van der Waals surface area contributed by atoms with E-state index in [1.165, 1.54) is 72.2 Å². The second kappa shape index (κ2) is 45.0. The third kappa shape index (κ3) is 28.0. The van der Waals surface area contributed by atoms with Gasteiger partial charge in [0.2, 0.25) is 2.86 Å². The molecule has 2 aliphatic carbocycles. The summed E-state index contributed by atoms with van der Waals surface area (Å²) in [6.07, 6.45) is 9.89. The van der Waals surface area contributed by atoms with Crippen LogP contribution in [0.15, 0.2) is 110 Å². The van der Waals surface area contributed by atoms with E-state index >= 15 is 0 Å². The molecule has 0 bridgehead atoms. The van der Waals surface area contributed by atoms with E-state index in [9.17, 15) is 24.6 Å². The Kier molecular flexibility index (Phi) is 37.3. The number of hydrogen-bond acceptors (Lipinski definition) is 14. The average Bonchev–Trinajstić information content (AvgIpc) is 1.80. The van der Waals surface area contributed by atoms with Gasteiger partial charge in [0.1, 0.15) is 13.2 Å². The lowest BCUT2D eigenvalue weighted by molar-refractivity contribution is -0.147. The van der Waals surface area contributed by atoms with E-state index in [0.29, 0.717) is 64.3 Å². The molecule has 9 N–H and O–H groups in total. The highest BCUT2D eigenvalue weighted by Gasteiger charge is 2.32. The number of carboxylic acids is 1. The van der Waals surface area contributed by atoms with Crippen molar-refractivity contribution in [3.05, 3.63) is 132 Å². The van der Waals surface area contributed by atoms with Crippen molar-refractivity contribution in [3.63, 3.8) is 0 Å². The van der Waals surface area contributed by atoms with Crippen molar-refractivity contribution in [1.82, 2.24) is 15.3 Å². The zero-order valence-corrected chi connectivity index (χ0v) is 52.9. The molecular formula is C67H106N3O14P. The lowest BCUT2D eigenvalue weighted by Crippen LogP contribution is -2.35. The third-order valence-electron chi connectivity index (χ3n) is 14.0. The topological polar surface area (TPSA) is 257 Å². The molecule has 1 unspecified atom stereocenters. The fraction of sp³-hybridized carbons (Fsp3) is 0.567. The molecule has 85 heavy (non-hydrogen) atoms. The highest BCUT2D eigenvalue weighted by molar-refractivity contribution is 7.44. The van der Waals surface area contributed by atoms with Gasteiger partial charge in [-0.3, -0.25) is 0 Å². The van der Waals surface area contributed by atoms with Gasteiger partial charge in [-0.1, -0.05) is 170 Å². The molecule has 0 saturated heterocycles. The van der Waals surface area contributed by atoms with Crippen LogP contribution in [0.5, 0.6) is 0 Å². The minimum Gasteiger partial charge on any atom is -0.479 e. The Morgan fingerprint density at radius 3 is 1.38 bits per heavy atom. The number of carbonyl (C=O) groups excluding carboxylic acids is 2. The zero-order chi connectivity index (χ0) is 66.4. The maximum Gasteiger partial charge on any atom is 0.407 e. The van der Waals surface area contributed by atoms with E-state index in [-0.39, 0.29) is 37.8 Å². The van der Waals surface area contributed by atoms with Gasteiger partial charge >= 0.3 is 18.2 Å². The normalized spacial score (nSPS) is 14.1. The molecule has 18 heteroatoms. The smallest absolute Gasteiger partial charge is 0.407 e. The second-order valence-corrected chi connectivity index (χ2v) is 22.7. The standard InChI is InChI=1S/2C21H25NO4.C16H34NO3P.C7H14O3.2CH4/c2*23-13-15(24)7-5-6-12-22-21(25)26-14-20-18-10-3-1-8-16(18)17-9-2-4-11-19(17)20;1-7-9-10-11-16(13-18)20-21(19-12-8-2)17(14(3)4)15(5)6;1-2-3-4-5-6(8)7(9)10;;/h2*1-4,8-11,15,20,23-24H,5-7,12-14H2,(H,22,25);8,14-16,18H,2,7,9-13H2,1,3-6H3;6,8H,2-5H2,1H3,(H,9,10);2*1H4/t2*15-;16-,21?;6-;;/m0000../s1/i23D;;18D;;2*1T. The number of aliphatic carboxylic acids is 1. The average molecular weight is 1210 g/mol. The summed E-state index contributed by atoms with van der Waals surface area (Å²) >= 11 is 0. The highest BCUT2D eigenvalue weighted by atomic mass is 31.2. The molecule has 478 valence electrons. The predicted molar refractivity (Wildman–Crippen MR) is 343 cm³/mol. The van der Waals surface area contributed by atoms with Crippen molar-refractivity contribution in [2.75, 3.05) is 52.7 Å². The highest BCUT2D eigenvalue weighted by Crippen LogP contribution is 2.48. The van der Waals surface area contributed by atoms with Gasteiger partial charge in [0.15, 0.2) is 6.10 Å². The fourth-order valence-electron chi connectivity index (χ4n) is 9.73. The number of carboxylic acid groups (broad SMARTS) is 1. The van der Waals surface area contributed by atoms with Gasteiger partial charge in [0.25, 0.3) is 8.53 Å². The number of hydrogen-bond donors (Lipinski definition) is 9. The number of nitrogens with one attached hydrogen (secondary N) is 2. The van der Waals surface area contributed by atoms with E-state index in [0.717, 1.165) is 57.8 Å². The van der Waals surface area contributed by atoms with Crippen LogP contribution in [0, 0.1) is 0 Å². The molecule has 0 aromatic heterocycles. The quantitative estimate of drug-likeness (QED) is 0.0117. The van der Waals surface area contributed by atoms with Crippen molar-refractivity contribution in [2.24, 2.45) is 0 Å². The van der Waals surface area contributed by atoms with Gasteiger partial charge in [-0.15, -0.1) is 6.58 Å². The summed E-state index contributed by atoms with van der Waals surface area (Å²) < 4.78 is 50.4. The van der Waals surface area contributed by atoms with Gasteiger partial charge in [0, 0.05) is 39.8 Å². The first-order chi connectivity index (χ1) is 43.1. The number of aliphatic hydroxyl groups excluding tert-OH is 6. The summed E-state index contributed by atoms with van der Waals surface area (Å²) in [5.74, 6) is -0.993. The molecule has 0 heterocycles. The summed E-state index contributed by atoms with van der Waals surface area (Å²) in [5, 5.41) is 58.7. The van der Waals surface area contributed by atoms with E-state index in [2.05, 4.69) is 115 Å². The fourth-order valence-corrected chi connectivity index (χ4v) is 11.4. The molecule has 2 amide bonds. The molecule has 0 radical (unpaired) electrons. The van der Waals surface area contributed by atoms with Crippen LogP contribution in [-0.2, 0) is 23.3 Å². The van der Waals surface area contributed by atoms with Gasteiger partial charge in [0.05, 0.1) is 44.7 Å². The maximum absolute atomic E-state index is 12.0. The molecule has 0 aliphatic heterocycles. The molecule has 5 atom stereocenters. The van der Waals surface area contributed by atoms with Crippen LogP contribution >= 0.6 is 8.53 Å². The first-order valence-electron chi connectivity index (χ1n) is 32.6. The number of nitrogens with zero attached hydrogens (tertiary/aromatic N) is 1. The van der Waals surface area contributed by atoms with Crippen molar-refractivity contribution in [1.29, 1.82) is 2.86 Å². The van der Waals surface area contributed by atoms with Gasteiger partial charge in [-0.2, -0.15) is 0 Å². The summed E-state index contributed by atoms with van der Waals surface area (Å²) in [5.41, 5.74) is 9.60. The molecule has 0 spiro atoms. The lowest BCUT2D eigenvalue weighted by Gasteiger charge is -2.37. The molecule has 6 rings (SSSR count). The summed E-state index contributed by atoms with van der Waals surface area (Å²) in [6, 6.07) is 33.6. The summed E-state index contributed by atoms with van der Waals surface area (Å²) in [4.78, 5) is 34.0. The minimum atomic E-state index is -1.18. The van der Waals surface area contributed by atoms with Crippen LogP contribution in [0.4, 0.5) is 9.59 Å². The van der Waals surface area contributed by atoms with Crippen LogP contribution in [0.1, 0.15) is 183 Å². The number of amides is 2. The van der Waals surface area contributed by atoms with Crippen LogP contribution in [0.3, 0.4) is 0 Å². The van der Waals surface area contributed by atoms with E-state index < -0.39 is 45.0 Å². The Balaban J connectivity index is 0.000000606. The molecule has 0 saturated carbocycles. The van der Waals surface area contributed by atoms with E-state index in [1.807, 2.05) is 55.5 Å². The van der Waals surface area contributed by atoms with Crippen molar-refractivity contribution < 1.29 is 71.4 Å². The Bertz CT molecular complexity index is 2410. The Morgan fingerprint density at radius 1 is 0.624 bits per heavy atom. The Labute approximate surface area is 516 Å². The van der Waals surface area contributed by atoms with E-state index in [4.69, 9.17) is 39.4 Å². The largest absolute Gasteiger partial charge is 0.479 e. The van der Waals surface area contributed by atoms with Crippen molar-refractivity contribution in [3.8, 4) is 22.3 Å². The van der Waals surface area contributed by atoms with Gasteiger partial charge in [-0.05, 0) is 124 Å². The molecule has 4 aromatic rings. The van der Waals surface area contributed by atoms with Gasteiger partial charge < -0.3 is 64.9 Å². The molecule has 2 aliphatic rings. The summed E-state index contributed by atoms with van der Waals surface area (Å²) in [6.45, 7) is 18.6. The molecular weight excluding hydrogens is 1100 g/mol. The second-order valence-electron chi connectivity index (χ2n) is 21.3. The monoisotopic (exact) mass is 1210 g/mol. The number of ether oxygens (including phenoxy) is 2. The van der Waals surface area contributed by atoms with Crippen molar-refractivity contribution >= 4 is 26.7 Å². The van der Waals surface area contributed by atoms with Crippen LogP contribution < -0.4 is 10.6 Å². The number of unbranched alkanes of at least 4 members (excludes halogenated alkanes) is 6. The molecule has 17 nitrogen and oxygen atoms in total. The Hall–Kier alpha value is -5.30. The minimum absolute atomic E-state index is 0.0137. The number of aliphatic hydroxyl groups is 6. The third-order valence-corrected chi connectivity index (χ3v) is 16.2. The van der Waals surface area contributed by atoms with Crippen LogP contribution in [-0.4, -0.2) is 151 Å². The lowest BCUT2D eigenvalue weighted by atomic mass is 9.98.